The van der Waals surface area contributed by atoms with Crippen molar-refractivity contribution in [3.05, 3.63) is 68.5 Å². The SMILES string of the molecule is C=CC(=O)N(C)c1c(Cl)n(CC#Cc2cccc(O)c2)c(=O)n(C)c1=O. The molecule has 1 aromatic carbocycles. The van der Waals surface area contributed by atoms with E-state index >= 15 is 0 Å². The summed E-state index contributed by atoms with van der Waals surface area (Å²) in [7, 11) is 2.65. The van der Waals surface area contributed by atoms with Crippen LogP contribution in [0.4, 0.5) is 5.69 Å². The lowest BCUT2D eigenvalue weighted by Crippen LogP contribution is -2.42. The molecule has 0 aliphatic heterocycles. The molecule has 1 amide bonds. The van der Waals surface area contributed by atoms with E-state index in [2.05, 4.69) is 18.4 Å². The molecule has 0 atom stereocenters. The normalized spacial score (nSPS) is 9.96. The van der Waals surface area contributed by atoms with Crippen molar-refractivity contribution >= 4 is 23.2 Å². The number of hydrogen-bond acceptors (Lipinski definition) is 4. The zero-order valence-electron chi connectivity index (χ0n) is 14.2. The first-order chi connectivity index (χ1) is 12.3. The Labute approximate surface area is 154 Å². The number of amides is 1. The van der Waals surface area contributed by atoms with Gasteiger partial charge in [0.25, 0.3) is 5.56 Å². The average molecular weight is 374 g/mol. The lowest BCUT2D eigenvalue weighted by Gasteiger charge is -2.19. The maximum atomic E-state index is 12.3. The highest BCUT2D eigenvalue weighted by Gasteiger charge is 2.21. The van der Waals surface area contributed by atoms with Crippen LogP contribution in [0, 0.1) is 11.8 Å². The molecule has 2 aromatic rings. The van der Waals surface area contributed by atoms with Crippen molar-refractivity contribution < 1.29 is 9.90 Å². The molecule has 0 fully saturated rings. The molecule has 1 heterocycles. The van der Waals surface area contributed by atoms with Crippen molar-refractivity contribution in [1.29, 1.82) is 0 Å². The molecule has 134 valence electrons. The fourth-order valence-electron chi connectivity index (χ4n) is 2.20. The van der Waals surface area contributed by atoms with Crippen molar-refractivity contribution in [2.45, 2.75) is 6.54 Å². The molecule has 0 aliphatic carbocycles. The summed E-state index contributed by atoms with van der Waals surface area (Å²) in [5, 5.41) is 9.24. The van der Waals surface area contributed by atoms with E-state index in [1.165, 1.54) is 26.2 Å². The third kappa shape index (κ3) is 3.71. The van der Waals surface area contributed by atoms with Crippen molar-refractivity contribution in [3.63, 3.8) is 0 Å². The molecule has 1 N–H and O–H groups in total. The van der Waals surface area contributed by atoms with Crippen LogP contribution in [0.25, 0.3) is 0 Å². The van der Waals surface area contributed by atoms with Crippen LogP contribution in [-0.4, -0.2) is 27.2 Å². The van der Waals surface area contributed by atoms with Crippen LogP contribution in [0.15, 0.2) is 46.5 Å². The summed E-state index contributed by atoms with van der Waals surface area (Å²) in [6.07, 6.45) is 1.03. The van der Waals surface area contributed by atoms with Gasteiger partial charge in [-0.2, -0.15) is 0 Å². The summed E-state index contributed by atoms with van der Waals surface area (Å²) in [6, 6.07) is 6.32. The Morgan fingerprint density at radius 2 is 2.12 bits per heavy atom. The van der Waals surface area contributed by atoms with E-state index in [9.17, 15) is 19.5 Å². The van der Waals surface area contributed by atoms with Gasteiger partial charge in [-0.3, -0.25) is 18.7 Å². The van der Waals surface area contributed by atoms with Crippen LogP contribution in [0.3, 0.4) is 0 Å². The number of phenols is 1. The summed E-state index contributed by atoms with van der Waals surface area (Å²) < 4.78 is 1.94. The molecule has 0 unspecified atom stereocenters. The number of phenolic OH excluding ortho intramolecular Hbond substituents is 1. The number of aromatic hydroxyl groups is 1. The Kier molecular flexibility index (Phi) is 5.70. The minimum atomic E-state index is -0.699. The van der Waals surface area contributed by atoms with Crippen LogP contribution in [0.2, 0.25) is 5.15 Å². The quantitative estimate of drug-likeness (QED) is 0.496. The van der Waals surface area contributed by atoms with Crippen LogP contribution < -0.4 is 16.1 Å². The second-order valence-corrected chi connectivity index (χ2v) is 5.68. The second kappa shape index (κ2) is 7.76. The van der Waals surface area contributed by atoms with Gasteiger partial charge in [0.05, 0.1) is 6.54 Å². The summed E-state index contributed by atoms with van der Waals surface area (Å²) in [4.78, 5) is 37.5. The summed E-state index contributed by atoms with van der Waals surface area (Å²) in [6.45, 7) is 3.26. The Morgan fingerprint density at radius 1 is 1.42 bits per heavy atom. The van der Waals surface area contributed by atoms with E-state index in [1.54, 1.807) is 12.1 Å². The predicted molar refractivity (Wildman–Crippen MR) is 99.5 cm³/mol. The fraction of sp³-hybridized carbons (Fsp3) is 0.167. The summed E-state index contributed by atoms with van der Waals surface area (Å²) >= 11 is 6.21. The second-order valence-electron chi connectivity index (χ2n) is 5.33. The first-order valence-corrected chi connectivity index (χ1v) is 7.83. The highest BCUT2D eigenvalue weighted by Crippen LogP contribution is 2.19. The van der Waals surface area contributed by atoms with Crippen LogP contribution in [-0.2, 0) is 18.4 Å². The number of benzene rings is 1. The van der Waals surface area contributed by atoms with Crippen molar-refractivity contribution in [3.8, 4) is 17.6 Å². The maximum Gasteiger partial charge on any atom is 0.332 e. The molecule has 26 heavy (non-hydrogen) atoms. The molecule has 0 spiro atoms. The van der Waals surface area contributed by atoms with Crippen molar-refractivity contribution in [1.82, 2.24) is 9.13 Å². The minimum absolute atomic E-state index is 0.0703. The van der Waals surface area contributed by atoms with E-state index < -0.39 is 17.2 Å². The molecule has 0 radical (unpaired) electrons. The molecule has 8 heteroatoms. The van der Waals surface area contributed by atoms with E-state index in [1.807, 2.05) is 0 Å². The largest absolute Gasteiger partial charge is 0.508 e. The molecule has 7 nitrogen and oxygen atoms in total. The number of aromatic nitrogens is 2. The number of carbonyl (C=O) groups is 1. The van der Waals surface area contributed by atoms with Gasteiger partial charge < -0.3 is 10.0 Å². The van der Waals surface area contributed by atoms with Crippen molar-refractivity contribution in [2.24, 2.45) is 7.05 Å². The van der Waals surface area contributed by atoms with Gasteiger partial charge >= 0.3 is 5.69 Å². The number of nitrogens with zero attached hydrogens (tertiary/aromatic N) is 3. The van der Waals surface area contributed by atoms with Crippen molar-refractivity contribution in [2.75, 3.05) is 11.9 Å². The smallest absolute Gasteiger partial charge is 0.332 e. The first kappa shape index (κ1) is 19.1. The number of rotatable bonds is 3. The lowest BCUT2D eigenvalue weighted by molar-refractivity contribution is -0.113. The summed E-state index contributed by atoms with van der Waals surface area (Å²) in [5.41, 5.74) is -0.945. The van der Waals surface area contributed by atoms with Gasteiger partial charge in [0, 0.05) is 19.7 Å². The van der Waals surface area contributed by atoms with E-state index in [0.717, 1.165) is 20.1 Å². The first-order valence-electron chi connectivity index (χ1n) is 7.45. The Hall–Kier alpha value is -3.24. The number of anilines is 1. The van der Waals surface area contributed by atoms with Gasteiger partial charge in [0.1, 0.15) is 16.6 Å². The number of halogens is 1. The van der Waals surface area contributed by atoms with E-state index in [4.69, 9.17) is 11.6 Å². The predicted octanol–water partition coefficient (Wildman–Crippen LogP) is 1.11. The monoisotopic (exact) mass is 373 g/mol. The highest BCUT2D eigenvalue weighted by molar-refractivity contribution is 6.32. The number of hydrogen-bond donors (Lipinski definition) is 1. The molecule has 0 saturated heterocycles. The van der Waals surface area contributed by atoms with Gasteiger partial charge in [-0.15, -0.1) is 0 Å². The summed E-state index contributed by atoms with van der Waals surface area (Å²) in [5.74, 6) is 5.08. The third-order valence-corrected chi connectivity index (χ3v) is 4.00. The van der Waals surface area contributed by atoms with Gasteiger partial charge in [-0.05, 0) is 24.3 Å². The highest BCUT2D eigenvalue weighted by atomic mass is 35.5. The van der Waals surface area contributed by atoms with E-state index in [0.29, 0.717) is 5.56 Å². The Balaban J connectivity index is 2.52. The zero-order chi connectivity index (χ0) is 19.4. The number of likely N-dealkylation sites (N-methyl/N-ethyl adjacent to an activating group) is 1. The van der Waals surface area contributed by atoms with Gasteiger partial charge in [0.15, 0.2) is 0 Å². The topological polar surface area (TPSA) is 84.5 Å². The molecule has 1 aromatic heterocycles. The van der Waals surface area contributed by atoms with Crippen LogP contribution in [0.5, 0.6) is 5.75 Å². The minimum Gasteiger partial charge on any atom is -0.508 e. The van der Waals surface area contributed by atoms with Gasteiger partial charge in [-0.25, -0.2) is 4.79 Å². The molecule has 0 saturated carbocycles. The molecule has 2 rings (SSSR count). The number of carbonyl (C=O) groups excluding carboxylic acids is 1. The lowest BCUT2D eigenvalue weighted by atomic mass is 10.2. The van der Waals surface area contributed by atoms with Gasteiger partial charge in [-0.1, -0.05) is 36.1 Å². The third-order valence-electron chi connectivity index (χ3n) is 3.61. The molecular weight excluding hydrogens is 358 g/mol. The maximum absolute atomic E-state index is 12.3. The van der Waals surface area contributed by atoms with Crippen LogP contribution in [0.1, 0.15) is 5.56 Å². The Bertz CT molecular complexity index is 1060. The standard InChI is InChI=1S/C18H16ClN3O4/c1-4-14(24)20(2)15-16(19)22(18(26)21(3)17(15)25)10-6-8-12-7-5-9-13(23)11-12/h4-5,7,9,11,23H,1,10H2,2-3H3. The fourth-order valence-corrected chi connectivity index (χ4v) is 2.54. The zero-order valence-corrected chi connectivity index (χ0v) is 14.9. The van der Waals surface area contributed by atoms with Gasteiger partial charge in [0.2, 0.25) is 5.91 Å². The molecule has 0 aliphatic rings. The van der Waals surface area contributed by atoms with E-state index in [-0.39, 0.29) is 23.1 Å². The average Bonchev–Trinajstić information content (AvgIpc) is 2.62. The van der Waals surface area contributed by atoms with Crippen LogP contribution >= 0.6 is 11.6 Å². The Morgan fingerprint density at radius 3 is 2.73 bits per heavy atom. The molecular formula is C18H16ClN3O4. The molecule has 0 bridgehead atoms.